The zero-order chi connectivity index (χ0) is 29.6. The van der Waals surface area contributed by atoms with Crippen LogP contribution in [-0.2, 0) is 43.6 Å². The number of halogens is 5. The van der Waals surface area contributed by atoms with Crippen LogP contribution in [0, 0.1) is 5.82 Å². The van der Waals surface area contributed by atoms with Crippen LogP contribution >= 0.6 is 11.6 Å². The number of carboxylic acid groups (broad SMARTS) is 1. The normalized spacial score (nSPS) is 17.2. The summed E-state index contributed by atoms with van der Waals surface area (Å²) in [5, 5.41) is 9.60. The molecule has 1 fully saturated rings. The highest BCUT2D eigenvalue weighted by atomic mass is 35.5. The van der Waals surface area contributed by atoms with Gasteiger partial charge in [0.25, 0.3) is 0 Å². The molecule has 1 atom stereocenters. The summed E-state index contributed by atoms with van der Waals surface area (Å²) in [6.45, 7) is 1.89. The fraction of sp³-hybridized carbons (Fsp3) is 0.345. The van der Waals surface area contributed by atoms with Crippen molar-refractivity contribution >= 4 is 28.7 Å². The summed E-state index contributed by atoms with van der Waals surface area (Å²) in [4.78, 5) is 22.6. The number of rotatable bonds is 8. The van der Waals surface area contributed by atoms with Crippen molar-refractivity contribution < 1.29 is 36.9 Å². The number of hydrogen-bond acceptors (Lipinski definition) is 6. The lowest BCUT2D eigenvalue weighted by Gasteiger charge is -2.31. The number of fused-ring (bicyclic) bond motifs is 2. The Morgan fingerprint density at radius 1 is 1.14 bits per heavy atom. The Morgan fingerprint density at radius 3 is 2.64 bits per heavy atom. The molecule has 0 saturated carbocycles. The van der Waals surface area contributed by atoms with Gasteiger partial charge in [-0.2, -0.15) is 13.2 Å². The molecule has 2 aliphatic rings. The molecule has 8 nitrogen and oxygen atoms in total. The van der Waals surface area contributed by atoms with Crippen molar-refractivity contribution in [1.29, 1.82) is 0 Å². The van der Waals surface area contributed by atoms with Gasteiger partial charge in [-0.25, -0.2) is 19.2 Å². The maximum Gasteiger partial charge on any atom is 0.419 e. The summed E-state index contributed by atoms with van der Waals surface area (Å²) in [6, 6.07) is 9.41. The second-order valence-corrected chi connectivity index (χ2v) is 10.8. The largest absolute Gasteiger partial charge is 0.488 e. The monoisotopic (exact) mass is 604 g/mol. The number of ether oxygens (including phenoxy) is 2. The predicted octanol–water partition coefficient (Wildman–Crippen LogP) is 5.87. The zero-order valence-electron chi connectivity index (χ0n) is 22.1. The van der Waals surface area contributed by atoms with Gasteiger partial charge in [0.1, 0.15) is 29.5 Å². The van der Waals surface area contributed by atoms with E-state index in [4.69, 9.17) is 26.1 Å². The standard InChI is InChI=1S/C29H25ClF4N4O4/c30-19-2-1-17(22(31)11-19)15-42-25-10-18-12-37(7-5-16(18)9-21(25)29(32,33)34)14-26-35-23-3-4-24(28(39)40)36-27(23)38(26)13-20-6-8-41-20/h1-4,9-11,20H,5-8,12-15H2,(H,39,40)/t20-/m0/s1. The quantitative estimate of drug-likeness (QED) is 0.252. The first-order chi connectivity index (χ1) is 20.0. The van der Waals surface area contributed by atoms with E-state index in [-0.39, 0.29) is 28.1 Å². The molecule has 4 heterocycles. The summed E-state index contributed by atoms with van der Waals surface area (Å²) >= 11 is 5.78. The van der Waals surface area contributed by atoms with Gasteiger partial charge in [-0.3, -0.25) is 4.90 Å². The molecule has 2 aromatic heterocycles. The topological polar surface area (TPSA) is 89.7 Å². The number of pyridine rings is 1. The highest BCUT2D eigenvalue weighted by molar-refractivity contribution is 6.30. The van der Waals surface area contributed by atoms with E-state index in [1.807, 2.05) is 4.57 Å². The van der Waals surface area contributed by atoms with Gasteiger partial charge in [0.05, 0.1) is 24.8 Å². The fourth-order valence-electron chi connectivity index (χ4n) is 5.23. The van der Waals surface area contributed by atoms with E-state index < -0.39 is 30.1 Å². The minimum Gasteiger partial charge on any atom is -0.488 e. The molecule has 13 heteroatoms. The zero-order valence-corrected chi connectivity index (χ0v) is 22.9. The van der Waals surface area contributed by atoms with Crippen LogP contribution in [-0.4, -0.2) is 49.8 Å². The van der Waals surface area contributed by atoms with E-state index in [1.165, 1.54) is 24.3 Å². The Bertz CT molecular complexity index is 1670. The molecule has 2 aliphatic heterocycles. The van der Waals surface area contributed by atoms with Crippen LogP contribution in [0.2, 0.25) is 5.02 Å². The second-order valence-electron chi connectivity index (χ2n) is 10.4. The number of aromatic nitrogens is 3. The first-order valence-electron chi connectivity index (χ1n) is 13.3. The van der Waals surface area contributed by atoms with Crippen LogP contribution in [0.15, 0.2) is 42.5 Å². The van der Waals surface area contributed by atoms with Gasteiger partial charge in [0, 0.05) is 30.3 Å². The molecule has 1 saturated heterocycles. The van der Waals surface area contributed by atoms with Crippen molar-refractivity contribution in [3.8, 4) is 5.75 Å². The molecule has 42 heavy (non-hydrogen) atoms. The molecule has 220 valence electrons. The Kier molecular flexibility index (Phi) is 7.54. The Labute approximate surface area is 242 Å². The van der Waals surface area contributed by atoms with Gasteiger partial charge in [-0.15, -0.1) is 0 Å². The fourth-order valence-corrected chi connectivity index (χ4v) is 5.39. The van der Waals surface area contributed by atoms with Gasteiger partial charge in [0.15, 0.2) is 11.3 Å². The first kappa shape index (κ1) is 28.4. The summed E-state index contributed by atoms with van der Waals surface area (Å²) in [6.07, 6.45) is -3.46. The summed E-state index contributed by atoms with van der Waals surface area (Å²) in [5.74, 6) is -1.54. The highest BCUT2D eigenvalue weighted by Gasteiger charge is 2.36. The van der Waals surface area contributed by atoms with Crippen LogP contribution in [0.5, 0.6) is 5.75 Å². The van der Waals surface area contributed by atoms with Crippen LogP contribution in [0.25, 0.3) is 11.2 Å². The molecule has 4 aromatic rings. The lowest BCUT2D eigenvalue weighted by Crippen LogP contribution is -2.34. The van der Waals surface area contributed by atoms with Gasteiger partial charge in [-0.05, 0) is 60.4 Å². The minimum atomic E-state index is -4.66. The summed E-state index contributed by atoms with van der Waals surface area (Å²) < 4.78 is 69.1. The molecule has 0 aliphatic carbocycles. The number of imidazole rings is 1. The number of nitrogens with zero attached hydrogens (tertiary/aromatic N) is 4. The number of carbonyl (C=O) groups is 1. The lowest BCUT2D eigenvalue weighted by molar-refractivity contribution is -0.139. The SMILES string of the molecule is O=C(O)c1ccc2nc(CN3CCc4cc(C(F)(F)F)c(OCc5ccc(Cl)cc5F)cc4C3)n(C[C@@H]3CCO3)c2n1. The lowest BCUT2D eigenvalue weighted by atomic mass is 9.96. The number of carboxylic acids is 1. The molecule has 0 radical (unpaired) electrons. The molecule has 0 spiro atoms. The predicted molar refractivity (Wildman–Crippen MR) is 144 cm³/mol. The van der Waals surface area contributed by atoms with E-state index in [0.29, 0.717) is 67.3 Å². The van der Waals surface area contributed by atoms with Gasteiger partial charge >= 0.3 is 12.1 Å². The summed E-state index contributed by atoms with van der Waals surface area (Å²) in [5.41, 5.74) is 1.30. The molecule has 2 aromatic carbocycles. The van der Waals surface area contributed by atoms with Crippen molar-refractivity contribution in [2.24, 2.45) is 0 Å². The van der Waals surface area contributed by atoms with Crippen molar-refractivity contribution in [2.75, 3.05) is 13.2 Å². The maximum atomic E-state index is 14.3. The van der Waals surface area contributed by atoms with Crippen molar-refractivity contribution in [2.45, 2.75) is 51.4 Å². The molecular formula is C29H25ClF4N4O4. The third kappa shape index (κ3) is 5.79. The number of benzene rings is 2. The molecular weight excluding hydrogens is 580 g/mol. The second kappa shape index (κ2) is 11.2. The van der Waals surface area contributed by atoms with Crippen LogP contribution < -0.4 is 4.74 Å². The Hall–Kier alpha value is -3.74. The Balaban J connectivity index is 1.27. The number of hydrogen-bond donors (Lipinski definition) is 1. The average Bonchev–Trinajstić information content (AvgIpc) is 3.24. The summed E-state index contributed by atoms with van der Waals surface area (Å²) in [7, 11) is 0. The van der Waals surface area contributed by atoms with Gasteiger partial charge in [0.2, 0.25) is 0 Å². The van der Waals surface area contributed by atoms with Crippen molar-refractivity contribution in [3.63, 3.8) is 0 Å². The van der Waals surface area contributed by atoms with Crippen LogP contribution in [0.1, 0.15) is 45.0 Å². The molecule has 6 rings (SSSR count). The average molecular weight is 605 g/mol. The van der Waals surface area contributed by atoms with Crippen molar-refractivity contribution in [1.82, 2.24) is 19.4 Å². The smallest absolute Gasteiger partial charge is 0.419 e. The third-order valence-electron chi connectivity index (χ3n) is 7.53. The number of aromatic carboxylic acids is 1. The molecule has 0 unspecified atom stereocenters. The van der Waals surface area contributed by atoms with E-state index in [0.717, 1.165) is 18.6 Å². The minimum absolute atomic E-state index is 0.0375. The maximum absolute atomic E-state index is 14.3. The third-order valence-corrected chi connectivity index (χ3v) is 7.77. The van der Waals surface area contributed by atoms with Crippen LogP contribution in [0.3, 0.4) is 0 Å². The number of alkyl halides is 3. The van der Waals surface area contributed by atoms with E-state index in [1.54, 1.807) is 6.07 Å². The van der Waals surface area contributed by atoms with E-state index in [2.05, 4.69) is 9.88 Å². The van der Waals surface area contributed by atoms with E-state index >= 15 is 0 Å². The first-order valence-corrected chi connectivity index (χ1v) is 13.7. The molecule has 0 amide bonds. The molecule has 1 N–H and O–H groups in total. The van der Waals surface area contributed by atoms with Gasteiger partial charge in [-0.1, -0.05) is 17.7 Å². The van der Waals surface area contributed by atoms with Crippen molar-refractivity contribution in [3.05, 3.63) is 87.1 Å². The Morgan fingerprint density at radius 2 is 1.95 bits per heavy atom. The molecule has 0 bridgehead atoms. The van der Waals surface area contributed by atoms with E-state index in [9.17, 15) is 27.5 Å². The highest BCUT2D eigenvalue weighted by Crippen LogP contribution is 2.40. The van der Waals surface area contributed by atoms with Gasteiger partial charge < -0.3 is 19.1 Å². The van der Waals surface area contributed by atoms with Crippen LogP contribution in [0.4, 0.5) is 17.6 Å².